The molecule has 184 valence electrons. The number of carbonyl (C=O) groups is 1. The largest absolute Gasteiger partial charge is 0.449 e. The van der Waals surface area contributed by atoms with E-state index in [1.165, 1.54) is 22.3 Å². The zero-order valence-electron chi connectivity index (χ0n) is 19.7. The molecule has 1 atom stereocenters. The lowest BCUT2D eigenvalue weighted by atomic mass is 9.98. The van der Waals surface area contributed by atoms with E-state index >= 15 is 0 Å². The first-order chi connectivity index (χ1) is 16.8. The smallest absolute Gasteiger partial charge is 0.407 e. The predicted molar refractivity (Wildman–Crippen MR) is 129 cm³/mol. The molecule has 0 radical (unpaired) electrons. The zero-order valence-corrected chi connectivity index (χ0v) is 19.7. The lowest BCUT2D eigenvalue weighted by molar-refractivity contribution is -0.169. The van der Waals surface area contributed by atoms with Crippen LogP contribution in [-0.2, 0) is 23.7 Å². The molecule has 0 spiro atoms. The van der Waals surface area contributed by atoms with Gasteiger partial charge >= 0.3 is 6.09 Å². The average molecular weight is 470 g/mol. The van der Waals surface area contributed by atoms with Crippen molar-refractivity contribution in [3.8, 4) is 11.1 Å². The minimum atomic E-state index is -0.396. The van der Waals surface area contributed by atoms with Gasteiger partial charge in [0.2, 0.25) is 0 Å². The van der Waals surface area contributed by atoms with E-state index in [0.717, 1.165) is 25.9 Å². The molecule has 1 unspecified atom stereocenters. The monoisotopic (exact) mass is 469 g/mol. The summed E-state index contributed by atoms with van der Waals surface area (Å²) in [7, 11) is 0. The highest BCUT2D eigenvalue weighted by molar-refractivity contribution is 5.79. The Labute approximate surface area is 201 Å². The molecule has 2 aliphatic rings. The molecule has 0 aromatic heterocycles. The first-order valence-electron chi connectivity index (χ1n) is 12.3. The molecule has 1 heterocycles. The lowest BCUT2D eigenvalue weighted by Gasteiger charge is -2.22. The standard InChI is InChI=1S/C27H35NO6/c29-27(28-13-7-14-30-16-17-31-18-19-33-26-12-5-6-15-32-26)34-20-25-23-10-3-1-8-21(23)22-9-2-4-11-24(22)25/h1-4,8-11,25-26H,5-7,12-20H2,(H,28,29). The van der Waals surface area contributed by atoms with Crippen LogP contribution < -0.4 is 5.32 Å². The van der Waals surface area contributed by atoms with Gasteiger partial charge in [-0.2, -0.15) is 0 Å². The van der Waals surface area contributed by atoms with Crippen molar-refractivity contribution >= 4 is 6.09 Å². The molecule has 7 heteroatoms. The summed E-state index contributed by atoms with van der Waals surface area (Å²) in [5.41, 5.74) is 4.86. The number of alkyl carbamates (subject to hydrolysis) is 1. The molecule has 34 heavy (non-hydrogen) atoms. The first-order valence-corrected chi connectivity index (χ1v) is 12.3. The van der Waals surface area contributed by atoms with Gasteiger partial charge in [-0.05, 0) is 47.9 Å². The summed E-state index contributed by atoms with van der Waals surface area (Å²) in [5.74, 6) is 0.0714. The maximum absolute atomic E-state index is 12.2. The molecule has 0 saturated carbocycles. The summed E-state index contributed by atoms with van der Waals surface area (Å²) >= 11 is 0. The Hall–Kier alpha value is -2.45. The summed E-state index contributed by atoms with van der Waals surface area (Å²) in [6.07, 6.45) is 3.49. The van der Waals surface area contributed by atoms with Crippen molar-refractivity contribution in [1.82, 2.24) is 5.32 Å². The molecule has 7 nitrogen and oxygen atoms in total. The van der Waals surface area contributed by atoms with Crippen molar-refractivity contribution in [2.45, 2.75) is 37.9 Å². The number of hydrogen-bond acceptors (Lipinski definition) is 6. The molecule has 1 aliphatic carbocycles. The number of carbonyl (C=O) groups excluding carboxylic acids is 1. The quantitative estimate of drug-likeness (QED) is 0.436. The van der Waals surface area contributed by atoms with E-state index in [2.05, 4.69) is 29.6 Å². The average Bonchev–Trinajstić information content (AvgIpc) is 3.20. The van der Waals surface area contributed by atoms with Crippen LogP contribution in [0.2, 0.25) is 0 Å². The molecule has 2 aromatic rings. The van der Waals surface area contributed by atoms with Gasteiger partial charge in [-0.25, -0.2) is 4.79 Å². The highest BCUT2D eigenvalue weighted by Gasteiger charge is 2.28. The second-order valence-electron chi connectivity index (χ2n) is 8.50. The van der Waals surface area contributed by atoms with Crippen LogP contribution in [0.4, 0.5) is 4.79 Å². The first kappa shape index (κ1) is 24.7. The van der Waals surface area contributed by atoms with Crippen LogP contribution in [0.15, 0.2) is 48.5 Å². The van der Waals surface area contributed by atoms with E-state index in [1.807, 2.05) is 24.3 Å². The van der Waals surface area contributed by atoms with Crippen LogP contribution in [0.25, 0.3) is 11.1 Å². The van der Waals surface area contributed by atoms with Crippen LogP contribution in [0.5, 0.6) is 0 Å². The Morgan fingerprint density at radius 2 is 1.56 bits per heavy atom. The third-order valence-corrected chi connectivity index (χ3v) is 6.12. The summed E-state index contributed by atoms with van der Waals surface area (Å²) in [6, 6.07) is 16.6. The molecular weight excluding hydrogens is 434 g/mol. The number of benzene rings is 2. The van der Waals surface area contributed by atoms with Crippen LogP contribution in [0.1, 0.15) is 42.7 Å². The topological polar surface area (TPSA) is 75.3 Å². The van der Waals surface area contributed by atoms with Crippen molar-refractivity contribution < 1.29 is 28.5 Å². The summed E-state index contributed by atoms with van der Waals surface area (Å²) in [4.78, 5) is 12.2. The van der Waals surface area contributed by atoms with Crippen LogP contribution in [0, 0.1) is 0 Å². The lowest BCUT2D eigenvalue weighted by Crippen LogP contribution is -2.27. The van der Waals surface area contributed by atoms with Crippen molar-refractivity contribution in [1.29, 1.82) is 0 Å². The second kappa shape index (κ2) is 13.4. The Balaban J connectivity index is 1.02. The van der Waals surface area contributed by atoms with E-state index in [0.29, 0.717) is 52.6 Å². The van der Waals surface area contributed by atoms with Crippen LogP contribution in [-0.4, -0.2) is 65.2 Å². The number of nitrogens with one attached hydrogen (secondary N) is 1. The van der Waals surface area contributed by atoms with Gasteiger partial charge in [0.1, 0.15) is 6.61 Å². The normalized spacial score (nSPS) is 17.2. The fraction of sp³-hybridized carbons (Fsp3) is 0.519. The molecule has 1 N–H and O–H groups in total. The van der Waals surface area contributed by atoms with E-state index < -0.39 is 6.09 Å². The summed E-state index contributed by atoms with van der Waals surface area (Å²) in [6.45, 7) is 4.28. The van der Waals surface area contributed by atoms with Gasteiger partial charge in [0.15, 0.2) is 6.29 Å². The summed E-state index contributed by atoms with van der Waals surface area (Å²) in [5, 5.41) is 2.80. The molecule has 4 rings (SSSR count). The Morgan fingerprint density at radius 3 is 2.26 bits per heavy atom. The van der Waals surface area contributed by atoms with Crippen LogP contribution in [0.3, 0.4) is 0 Å². The number of fused-ring (bicyclic) bond motifs is 3. The van der Waals surface area contributed by atoms with E-state index in [9.17, 15) is 4.79 Å². The Kier molecular flexibility index (Phi) is 9.75. The van der Waals surface area contributed by atoms with Gasteiger partial charge in [-0.15, -0.1) is 0 Å². The Morgan fingerprint density at radius 1 is 0.882 bits per heavy atom. The SMILES string of the molecule is O=C(NCCCOCCOCCOC1CCCCO1)OCC1c2ccccc2-c2ccccc21. The van der Waals surface area contributed by atoms with Gasteiger partial charge in [0.25, 0.3) is 0 Å². The number of hydrogen-bond donors (Lipinski definition) is 1. The van der Waals surface area contributed by atoms with Crippen molar-refractivity contribution in [2.24, 2.45) is 0 Å². The highest BCUT2D eigenvalue weighted by Crippen LogP contribution is 2.44. The van der Waals surface area contributed by atoms with Gasteiger partial charge in [0.05, 0.1) is 26.4 Å². The van der Waals surface area contributed by atoms with Gasteiger partial charge in [0, 0.05) is 25.7 Å². The van der Waals surface area contributed by atoms with E-state index in [1.54, 1.807) is 0 Å². The number of amides is 1. The molecule has 1 saturated heterocycles. The fourth-order valence-corrected chi connectivity index (χ4v) is 4.42. The Bertz CT molecular complexity index is 853. The fourth-order valence-electron chi connectivity index (χ4n) is 4.42. The maximum Gasteiger partial charge on any atom is 0.407 e. The second-order valence-corrected chi connectivity index (χ2v) is 8.50. The van der Waals surface area contributed by atoms with E-state index in [4.69, 9.17) is 23.7 Å². The van der Waals surface area contributed by atoms with Gasteiger partial charge in [-0.3, -0.25) is 0 Å². The minimum Gasteiger partial charge on any atom is -0.449 e. The van der Waals surface area contributed by atoms with Crippen LogP contribution >= 0.6 is 0 Å². The van der Waals surface area contributed by atoms with Gasteiger partial charge in [-0.1, -0.05) is 48.5 Å². The van der Waals surface area contributed by atoms with Crippen molar-refractivity contribution in [3.63, 3.8) is 0 Å². The third kappa shape index (κ3) is 7.03. The van der Waals surface area contributed by atoms with Crippen molar-refractivity contribution in [2.75, 3.05) is 52.8 Å². The molecule has 1 amide bonds. The minimum absolute atomic E-state index is 0.0714. The molecule has 1 fully saturated rings. The molecule has 1 aliphatic heterocycles. The molecule has 2 aromatic carbocycles. The number of rotatable bonds is 13. The molecular formula is C27H35NO6. The predicted octanol–water partition coefficient (Wildman–Crippen LogP) is 4.49. The van der Waals surface area contributed by atoms with Gasteiger partial charge < -0.3 is 29.0 Å². The highest BCUT2D eigenvalue weighted by atomic mass is 16.7. The van der Waals surface area contributed by atoms with E-state index in [-0.39, 0.29) is 12.2 Å². The third-order valence-electron chi connectivity index (χ3n) is 6.12. The number of ether oxygens (including phenoxy) is 5. The molecule has 0 bridgehead atoms. The zero-order chi connectivity index (χ0) is 23.4. The van der Waals surface area contributed by atoms with Crippen molar-refractivity contribution in [3.05, 3.63) is 59.7 Å². The summed E-state index contributed by atoms with van der Waals surface area (Å²) < 4.78 is 27.7. The maximum atomic E-state index is 12.2.